The van der Waals surface area contributed by atoms with Crippen LogP contribution in [0.1, 0.15) is 33.2 Å². The van der Waals surface area contributed by atoms with Crippen LogP contribution < -0.4 is 19.1 Å². The third-order valence-corrected chi connectivity index (χ3v) is 6.59. The van der Waals surface area contributed by atoms with Gasteiger partial charge < -0.3 is 19.3 Å². The fourth-order valence-corrected chi connectivity index (χ4v) is 4.51. The van der Waals surface area contributed by atoms with E-state index in [0.717, 1.165) is 22.6 Å². The fourth-order valence-electron chi connectivity index (χ4n) is 4.51. The third-order valence-electron chi connectivity index (χ3n) is 6.59. The highest BCUT2D eigenvalue weighted by atomic mass is 19.4. The average Bonchev–Trinajstić information content (AvgIpc) is 3.26. The molecule has 1 unspecified atom stereocenters. The number of aliphatic hydroxyl groups excluding tert-OH is 1. The molecule has 43 heavy (non-hydrogen) atoms. The van der Waals surface area contributed by atoms with Crippen molar-refractivity contribution >= 4 is 17.5 Å². The first-order valence-electron chi connectivity index (χ1n) is 12.9. The number of amides is 1. The van der Waals surface area contributed by atoms with Crippen molar-refractivity contribution < 1.29 is 42.1 Å². The van der Waals surface area contributed by atoms with E-state index in [1.807, 2.05) is 24.3 Å². The van der Waals surface area contributed by atoms with Gasteiger partial charge in [-0.15, -0.1) is 18.3 Å². The largest absolute Gasteiger partial charge is 0.573 e. The first-order chi connectivity index (χ1) is 20.5. The normalized spacial score (nSPS) is 15.0. The monoisotopic (exact) mass is 591 g/mol. The van der Waals surface area contributed by atoms with Gasteiger partial charge in [0.05, 0.1) is 24.4 Å². The third kappa shape index (κ3) is 6.43. The van der Waals surface area contributed by atoms with Gasteiger partial charge in [-0.25, -0.2) is 0 Å². The molecule has 0 saturated carbocycles. The van der Waals surface area contributed by atoms with Gasteiger partial charge in [0.1, 0.15) is 23.9 Å². The molecular weight excluding hydrogens is 567 g/mol. The lowest BCUT2D eigenvalue weighted by Crippen LogP contribution is -2.32. The molecule has 1 N–H and O–H groups in total. The maximum atomic E-state index is 13.8. The summed E-state index contributed by atoms with van der Waals surface area (Å²) in [6.07, 6.45) is -4.90. The molecule has 0 fully saturated rings. The molecule has 5 rings (SSSR count). The van der Waals surface area contributed by atoms with E-state index < -0.39 is 35.6 Å². The summed E-state index contributed by atoms with van der Waals surface area (Å²) >= 11 is 0. The van der Waals surface area contributed by atoms with Gasteiger partial charge in [-0.2, -0.15) is 5.10 Å². The molecule has 0 aliphatic carbocycles. The SMILES string of the molecule is COc1ccc(COc2ccc(C(=O)C3=C(O)C(=O)N(c4ccc(C)nn4)C3c3ccc(OC(F)(F)F)cc3)cc2)cc1. The van der Waals surface area contributed by atoms with Crippen LogP contribution in [-0.4, -0.2) is 40.5 Å². The number of ketones is 1. The molecule has 0 spiro atoms. The Hall–Kier alpha value is -5.39. The zero-order valence-corrected chi connectivity index (χ0v) is 22.8. The molecule has 1 aliphatic heterocycles. The summed E-state index contributed by atoms with van der Waals surface area (Å²) in [6.45, 7) is 1.95. The van der Waals surface area contributed by atoms with Gasteiger partial charge in [-0.1, -0.05) is 24.3 Å². The molecule has 0 bridgehead atoms. The molecule has 12 heteroatoms. The van der Waals surface area contributed by atoms with Crippen molar-refractivity contribution in [3.63, 3.8) is 0 Å². The number of carbonyl (C=O) groups excluding carboxylic acids is 2. The number of ether oxygens (including phenoxy) is 3. The van der Waals surface area contributed by atoms with Gasteiger partial charge in [0.25, 0.3) is 5.91 Å². The van der Waals surface area contributed by atoms with Crippen molar-refractivity contribution in [1.82, 2.24) is 10.2 Å². The minimum atomic E-state index is -4.90. The van der Waals surface area contributed by atoms with Crippen LogP contribution in [0.4, 0.5) is 19.0 Å². The molecule has 2 heterocycles. The average molecular weight is 592 g/mol. The zero-order valence-electron chi connectivity index (χ0n) is 22.8. The first kappa shape index (κ1) is 29.1. The first-order valence-corrected chi connectivity index (χ1v) is 12.9. The molecule has 0 radical (unpaired) electrons. The smallest absolute Gasteiger partial charge is 0.503 e. The fraction of sp³-hybridized carbons (Fsp3) is 0.161. The summed E-state index contributed by atoms with van der Waals surface area (Å²) in [5.41, 5.74) is 1.56. The molecule has 0 saturated heterocycles. The van der Waals surface area contributed by atoms with Crippen LogP contribution in [0.3, 0.4) is 0 Å². The summed E-state index contributed by atoms with van der Waals surface area (Å²) in [7, 11) is 1.57. The Bertz CT molecular complexity index is 1650. The van der Waals surface area contributed by atoms with E-state index in [4.69, 9.17) is 9.47 Å². The Balaban J connectivity index is 1.43. The lowest BCUT2D eigenvalue weighted by atomic mass is 9.92. The van der Waals surface area contributed by atoms with E-state index >= 15 is 0 Å². The van der Waals surface area contributed by atoms with Gasteiger partial charge in [0, 0.05) is 5.56 Å². The van der Waals surface area contributed by atoms with Crippen LogP contribution in [0.2, 0.25) is 0 Å². The Morgan fingerprint density at radius 3 is 2.09 bits per heavy atom. The van der Waals surface area contributed by atoms with Crippen LogP contribution in [-0.2, 0) is 11.4 Å². The molecule has 4 aromatic rings. The Kier molecular flexibility index (Phi) is 8.02. The number of hydrogen-bond acceptors (Lipinski definition) is 8. The second-order valence-corrected chi connectivity index (χ2v) is 9.48. The number of alkyl halides is 3. The number of aryl methyl sites for hydroxylation is 1. The molecular formula is C31H24F3N3O6. The molecule has 1 aromatic heterocycles. The summed E-state index contributed by atoms with van der Waals surface area (Å²) in [4.78, 5) is 28.1. The maximum absolute atomic E-state index is 13.8. The van der Waals surface area contributed by atoms with Gasteiger partial charge in [0.15, 0.2) is 17.4 Å². The Morgan fingerprint density at radius 2 is 1.51 bits per heavy atom. The minimum Gasteiger partial charge on any atom is -0.503 e. The number of halogens is 3. The number of aromatic nitrogens is 2. The zero-order chi connectivity index (χ0) is 30.7. The van der Waals surface area contributed by atoms with E-state index in [2.05, 4.69) is 14.9 Å². The summed E-state index contributed by atoms with van der Waals surface area (Å²) in [5.74, 6) is -1.67. The lowest BCUT2D eigenvalue weighted by Gasteiger charge is -2.25. The predicted molar refractivity (Wildman–Crippen MR) is 148 cm³/mol. The second kappa shape index (κ2) is 11.8. The van der Waals surface area contributed by atoms with Crippen molar-refractivity contribution in [2.24, 2.45) is 0 Å². The highest BCUT2D eigenvalue weighted by Gasteiger charge is 2.45. The van der Waals surface area contributed by atoms with Crippen molar-refractivity contribution in [3.8, 4) is 17.2 Å². The van der Waals surface area contributed by atoms with Crippen molar-refractivity contribution in [2.75, 3.05) is 12.0 Å². The Labute approximate surface area is 243 Å². The number of aliphatic hydroxyl groups is 1. The minimum absolute atomic E-state index is 0.0350. The van der Waals surface area contributed by atoms with Crippen LogP contribution in [0.15, 0.2) is 96.3 Å². The van der Waals surface area contributed by atoms with Crippen molar-refractivity contribution in [2.45, 2.75) is 25.9 Å². The molecule has 3 aromatic carbocycles. The number of nitrogens with zero attached hydrogens (tertiary/aromatic N) is 3. The summed E-state index contributed by atoms with van der Waals surface area (Å²) < 4.78 is 53.1. The van der Waals surface area contributed by atoms with Gasteiger partial charge >= 0.3 is 6.36 Å². The topological polar surface area (TPSA) is 111 Å². The highest BCUT2D eigenvalue weighted by Crippen LogP contribution is 2.42. The van der Waals surface area contributed by atoms with E-state index in [1.54, 1.807) is 32.2 Å². The number of methoxy groups -OCH3 is 1. The predicted octanol–water partition coefficient (Wildman–Crippen LogP) is 6.05. The van der Waals surface area contributed by atoms with Crippen LogP contribution >= 0.6 is 0 Å². The lowest BCUT2D eigenvalue weighted by molar-refractivity contribution is -0.274. The van der Waals surface area contributed by atoms with Crippen LogP contribution in [0.25, 0.3) is 0 Å². The van der Waals surface area contributed by atoms with Crippen LogP contribution in [0.5, 0.6) is 17.2 Å². The molecule has 1 amide bonds. The van der Waals surface area contributed by atoms with E-state index in [9.17, 15) is 27.9 Å². The quantitative estimate of drug-likeness (QED) is 0.234. The Morgan fingerprint density at radius 1 is 0.884 bits per heavy atom. The molecule has 220 valence electrons. The molecule has 1 aliphatic rings. The van der Waals surface area contributed by atoms with Crippen molar-refractivity contribution in [1.29, 1.82) is 0 Å². The van der Waals surface area contributed by atoms with E-state index in [0.29, 0.717) is 17.2 Å². The molecule has 9 nitrogen and oxygen atoms in total. The maximum Gasteiger partial charge on any atom is 0.573 e. The van der Waals surface area contributed by atoms with Gasteiger partial charge in [0.2, 0.25) is 0 Å². The second-order valence-electron chi connectivity index (χ2n) is 9.48. The van der Waals surface area contributed by atoms with Crippen molar-refractivity contribution in [3.05, 3.63) is 119 Å². The van der Waals surface area contributed by atoms with Gasteiger partial charge in [-0.3, -0.25) is 14.5 Å². The van der Waals surface area contributed by atoms with Gasteiger partial charge in [-0.05, 0) is 78.7 Å². The number of benzene rings is 3. The number of carbonyl (C=O) groups is 2. The molecule has 1 atom stereocenters. The number of hydrogen-bond donors (Lipinski definition) is 1. The number of rotatable bonds is 9. The standard InChI is InChI=1S/C31H24F3N3O6/c1-18-3-16-25(36-35-18)37-27(20-6-14-24(15-7-20)43-31(32,33)34)26(29(39)30(37)40)28(38)21-8-12-23(13-9-21)42-17-19-4-10-22(41-2)11-5-19/h3-16,27,39H,17H2,1-2H3. The van der Waals surface area contributed by atoms with E-state index in [-0.39, 0.29) is 29.1 Å². The number of anilines is 1. The summed E-state index contributed by atoms with van der Waals surface area (Å²) in [5, 5.41) is 18.9. The summed E-state index contributed by atoms with van der Waals surface area (Å²) in [6, 6.07) is 20.0. The van der Waals surface area contributed by atoms with Crippen LogP contribution in [0, 0.1) is 6.92 Å². The number of Topliss-reactive ketones (excluding diaryl/α,β-unsaturated/α-hetero) is 1. The van der Waals surface area contributed by atoms with E-state index in [1.165, 1.54) is 30.3 Å². The highest BCUT2D eigenvalue weighted by molar-refractivity contribution is 6.20.